The molecule has 2 unspecified atom stereocenters. The SMILES string of the molecule is CCC(C)COC(=O)OC1CCC(OC(=O)OCC(C)CC)CC1. The molecular weight excluding hydrogens is 312 g/mol. The molecule has 140 valence electrons. The summed E-state index contributed by atoms with van der Waals surface area (Å²) in [5, 5.41) is 0. The molecule has 0 aromatic carbocycles. The van der Waals surface area contributed by atoms with Crippen LogP contribution in [0.3, 0.4) is 0 Å². The Bertz CT molecular complexity index is 340. The van der Waals surface area contributed by atoms with E-state index >= 15 is 0 Å². The van der Waals surface area contributed by atoms with Crippen LogP contribution in [0.15, 0.2) is 0 Å². The van der Waals surface area contributed by atoms with Gasteiger partial charge in [-0.3, -0.25) is 0 Å². The Morgan fingerprint density at radius 1 is 0.792 bits per heavy atom. The van der Waals surface area contributed by atoms with Crippen LogP contribution in [-0.4, -0.2) is 37.7 Å². The lowest BCUT2D eigenvalue weighted by Gasteiger charge is -2.27. The van der Waals surface area contributed by atoms with E-state index in [1.165, 1.54) is 0 Å². The van der Waals surface area contributed by atoms with E-state index in [-0.39, 0.29) is 12.2 Å². The lowest BCUT2D eigenvalue weighted by Crippen LogP contribution is -2.30. The third-order valence-electron chi connectivity index (χ3n) is 4.51. The maximum Gasteiger partial charge on any atom is 0.508 e. The summed E-state index contributed by atoms with van der Waals surface area (Å²) in [5.74, 6) is 0.672. The van der Waals surface area contributed by atoms with Crippen molar-refractivity contribution in [2.75, 3.05) is 13.2 Å². The molecule has 1 saturated carbocycles. The molecule has 1 aliphatic carbocycles. The highest BCUT2D eigenvalue weighted by molar-refractivity contribution is 5.60. The molecular formula is C18H32O6. The van der Waals surface area contributed by atoms with Crippen molar-refractivity contribution in [3.8, 4) is 0 Å². The van der Waals surface area contributed by atoms with Crippen molar-refractivity contribution < 1.29 is 28.5 Å². The summed E-state index contributed by atoms with van der Waals surface area (Å²) in [6, 6.07) is 0. The van der Waals surface area contributed by atoms with Gasteiger partial charge in [-0.15, -0.1) is 0 Å². The fraction of sp³-hybridized carbons (Fsp3) is 0.889. The Kier molecular flexibility index (Phi) is 9.57. The Hall–Kier alpha value is -1.46. The highest BCUT2D eigenvalue weighted by atomic mass is 16.7. The van der Waals surface area contributed by atoms with E-state index in [1.807, 2.05) is 13.8 Å². The predicted octanol–water partition coefficient (Wildman–Crippen LogP) is 4.70. The monoisotopic (exact) mass is 344 g/mol. The van der Waals surface area contributed by atoms with Crippen LogP contribution in [-0.2, 0) is 18.9 Å². The fourth-order valence-electron chi connectivity index (χ4n) is 2.26. The van der Waals surface area contributed by atoms with Crippen molar-refractivity contribution in [1.82, 2.24) is 0 Å². The number of hydrogen-bond donors (Lipinski definition) is 0. The van der Waals surface area contributed by atoms with Gasteiger partial charge >= 0.3 is 12.3 Å². The van der Waals surface area contributed by atoms with E-state index in [1.54, 1.807) is 0 Å². The minimum absolute atomic E-state index is 0.162. The first kappa shape index (κ1) is 20.6. The molecule has 0 aliphatic heterocycles. The van der Waals surface area contributed by atoms with Gasteiger partial charge in [0.1, 0.15) is 12.2 Å². The molecule has 24 heavy (non-hydrogen) atoms. The molecule has 0 amide bonds. The molecule has 1 rings (SSSR count). The van der Waals surface area contributed by atoms with Crippen molar-refractivity contribution in [1.29, 1.82) is 0 Å². The molecule has 0 radical (unpaired) electrons. The summed E-state index contributed by atoms with van der Waals surface area (Å²) in [6.07, 6.45) is 3.06. The molecule has 0 aromatic heterocycles. The van der Waals surface area contributed by atoms with Crippen LogP contribution in [0, 0.1) is 11.8 Å². The molecule has 0 bridgehead atoms. The van der Waals surface area contributed by atoms with Crippen molar-refractivity contribution in [3.63, 3.8) is 0 Å². The molecule has 1 fully saturated rings. The molecule has 0 saturated heterocycles. The molecule has 0 heterocycles. The first-order valence-corrected chi connectivity index (χ1v) is 9.11. The van der Waals surface area contributed by atoms with Crippen LogP contribution >= 0.6 is 0 Å². The third-order valence-corrected chi connectivity index (χ3v) is 4.51. The number of rotatable bonds is 8. The Balaban J connectivity index is 2.17. The lowest BCUT2D eigenvalue weighted by atomic mass is 9.95. The first-order valence-electron chi connectivity index (χ1n) is 9.11. The standard InChI is InChI=1S/C18H32O6/c1-5-13(3)11-21-17(19)23-15-7-9-16(10-8-15)24-18(20)22-12-14(4)6-2/h13-16H,5-12H2,1-4H3. The van der Waals surface area contributed by atoms with E-state index < -0.39 is 12.3 Å². The maximum atomic E-state index is 11.6. The topological polar surface area (TPSA) is 71.1 Å². The van der Waals surface area contributed by atoms with Crippen molar-refractivity contribution in [2.45, 2.75) is 78.4 Å². The number of carbonyl (C=O) groups is 2. The summed E-state index contributed by atoms with van der Waals surface area (Å²) in [7, 11) is 0. The maximum absolute atomic E-state index is 11.6. The van der Waals surface area contributed by atoms with Crippen LogP contribution < -0.4 is 0 Å². The van der Waals surface area contributed by atoms with Gasteiger partial charge < -0.3 is 18.9 Å². The highest BCUT2D eigenvalue weighted by Crippen LogP contribution is 2.24. The second-order valence-corrected chi connectivity index (χ2v) is 6.78. The van der Waals surface area contributed by atoms with E-state index in [9.17, 15) is 9.59 Å². The van der Waals surface area contributed by atoms with E-state index in [0.717, 1.165) is 12.8 Å². The predicted molar refractivity (Wildman–Crippen MR) is 89.8 cm³/mol. The van der Waals surface area contributed by atoms with E-state index in [0.29, 0.717) is 50.7 Å². The molecule has 0 spiro atoms. The summed E-state index contributed by atoms with van der Waals surface area (Å²) < 4.78 is 20.8. The summed E-state index contributed by atoms with van der Waals surface area (Å²) >= 11 is 0. The van der Waals surface area contributed by atoms with Gasteiger partial charge in [0.15, 0.2) is 0 Å². The second-order valence-electron chi connectivity index (χ2n) is 6.78. The molecule has 6 nitrogen and oxygen atoms in total. The Labute approximate surface area is 145 Å². The second kappa shape index (κ2) is 11.2. The molecule has 0 N–H and O–H groups in total. The summed E-state index contributed by atoms with van der Waals surface area (Å²) in [5.41, 5.74) is 0. The molecule has 1 aliphatic rings. The third kappa shape index (κ3) is 8.41. The lowest BCUT2D eigenvalue weighted by molar-refractivity contribution is -0.0307. The zero-order valence-corrected chi connectivity index (χ0v) is 15.4. The Morgan fingerprint density at radius 2 is 1.12 bits per heavy atom. The van der Waals surface area contributed by atoms with Crippen LogP contribution in [0.5, 0.6) is 0 Å². The van der Waals surface area contributed by atoms with Gasteiger partial charge in [0.2, 0.25) is 0 Å². The number of carbonyl (C=O) groups excluding carboxylic acids is 2. The minimum atomic E-state index is -0.604. The van der Waals surface area contributed by atoms with Crippen LogP contribution in [0.4, 0.5) is 9.59 Å². The average molecular weight is 344 g/mol. The van der Waals surface area contributed by atoms with Crippen LogP contribution in [0.1, 0.15) is 66.2 Å². The highest BCUT2D eigenvalue weighted by Gasteiger charge is 2.27. The number of hydrogen-bond acceptors (Lipinski definition) is 6. The average Bonchev–Trinajstić information content (AvgIpc) is 2.59. The molecule has 6 heteroatoms. The van der Waals surface area contributed by atoms with Gasteiger partial charge in [0.05, 0.1) is 13.2 Å². The first-order chi connectivity index (χ1) is 11.4. The molecule has 2 atom stereocenters. The molecule has 0 aromatic rings. The quantitative estimate of drug-likeness (QED) is 0.595. The Morgan fingerprint density at radius 3 is 1.42 bits per heavy atom. The largest absolute Gasteiger partial charge is 0.508 e. The van der Waals surface area contributed by atoms with Gasteiger partial charge in [-0.1, -0.05) is 40.5 Å². The smallest absolute Gasteiger partial charge is 0.434 e. The summed E-state index contributed by atoms with van der Waals surface area (Å²) in [6.45, 7) is 8.92. The van der Waals surface area contributed by atoms with Crippen LogP contribution in [0.25, 0.3) is 0 Å². The van der Waals surface area contributed by atoms with Crippen molar-refractivity contribution in [3.05, 3.63) is 0 Å². The zero-order valence-electron chi connectivity index (χ0n) is 15.4. The normalized spacial score (nSPS) is 23.0. The van der Waals surface area contributed by atoms with Gasteiger partial charge in [-0.05, 0) is 37.5 Å². The zero-order chi connectivity index (χ0) is 17.9. The van der Waals surface area contributed by atoms with Crippen molar-refractivity contribution in [2.24, 2.45) is 11.8 Å². The number of ether oxygens (including phenoxy) is 4. The minimum Gasteiger partial charge on any atom is -0.434 e. The van der Waals surface area contributed by atoms with Crippen molar-refractivity contribution >= 4 is 12.3 Å². The summed E-state index contributed by atoms with van der Waals surface area (Å²) in [4.78, 5) is 23.2. The fourth-order valence-corrected chi connectivity index (χ4v) is 2.26. The van der Waals surface area contributed by atoms with Gasteiger partial charge in [0.25, 0.3) is 0 Å². The van der Waals surface area contributed by atoms with Gasteiger partial charge in [0, 0.05) is 0 Å². The van der Waals surface area contributed by atoms with E-state index in [4.69, 9.17) is 18.9 Å². The van der Waals surface area contributed by atoms with Gasteiger partial charge in [-0.25, -0.2) is 9.59 Å². The van der Waals surface area contributed by atoms with E-state index in [2.05, 4.69) is 13.8 Å². The van der Waals surface area contributed by atoms with Crippen LogP contribution in [0.2, 0.25) is 0 Å². The van der Waals surface area contributed by atoms with Gasteiger partial charge in [-0.2, -0.15) is 0 Å².